The van der Waals surface area contributed by atoms with Crippen molar-refractivity contribution in [3.8, 4) is 0 Å². The number of carbonyl (C=O) groups excluding carboxylic acids is 1. The van der Waals surface area contributed by atoms with E-state index in [2.05, 4.69) is 5.32 Å². The first-order valence-corrected chi connectivity index (χ1v) is 5.09. The van der Waals surface area contributed by atoms with Gasteiger partial charge in [-0.05, 0) is 14.1 Å². The van der Waals surface area contributed by atoms with Gasteiger partial charge in [-0.1, -0.05) is 29.7 Å². The van der Waals surface area contributed by atoms with Crippen LogP contribution in [0, 0.1) is 0 Å². The van der Waals surface area contributed by atoms with Crippen molar-refractivity contribution in [1.82, 2.24) is 10.2 Å². The quantitative estimate of drug-likeness (QED) is 0.653. The van der Waals surface area contributed by atoms with Crippen LogP contribution < -0.4 is 10.8 Å². The van der Waals surface area contributed by atoms with E-state index in [1.54, 1.807) is 0 Å². The SMILES string of the molecule is Bc1ccc(C(=O)NCCN(C)C)cc1. The van der Waals surface area contributed by atoms with Crippen LogP contribution in [0.4, 0.5) is 0 Å². The first-order chi connectivity index (χ1) is 7.09. The third-order valence-corrected chi connectivity index (χ3v) is 2.16. The zero-order chi connectivity index (χ0) is 11.3. The van der Waals surface area contributed by atoms with Crippen LogP contribution in [0.1, 0.15) is 10.4 Å². The Hall–Kier alpha value is -1.29. The van der Waals surface area contributed by atoms with Crippen molar-refractivity contribution in [2.75, 3.05) is 27.2 Å². The summed E-state index contributed by atoms with van der Waals surface area (Å²) in [7, 11) is 5.98. The molecule has 0 aromatic heterocycles. The normalized spacial score (nSPS) is 10.3. The summed E-state index contributed by atoms with van der Waals surface area (Å²) in [4.78, 5) is 13.6. The second kappa shape index (κ2) is 5.56. The van der Waals surface area contributed by atoms with E-state index >= 15 is 0 Å². The molecule has 0 unspecified atom stereocenters. The van der Waals surface area contributed by atoms with Crippen LogP contribution >= 0.6 is 0 Å². The molecule has 1 aromatic carbocycles. The lowest BCUT2D eigenvalue weighted by Crippen LogP contribution is -2.31. The summed E-state index contributed by atoms with van der Waals surface area (Å²) in [5, 5.41) is 2.87. The molecule has 15 heavy (non-hydrogen) atoms. The molecule has 0 bridgehead atoms. The summed E-state index contributed by atoms with van der Waals surface area (Å²) in [6.07, 6.45) is 0. The molecule has 0 spiro atoms. The minimum atomic E-state index is -0.00292. The number of rotatable bonds is 4. The number of nitrogens with zero attached hydrogens (tertiary/aromatic N) is 1. The molecule has 0 saturated carbocycles. The van der Waals surface area contributed by atoms with Crippen LogP contribution in [0.3, 0.4) is 0 Å². The van der Waals surface area contributed by atoms with Gasteiger partial charge in [0.1, 0.15) is 7.85 Å². The number of nitrogens with one attached hydrogen (secondary N) is 1. The average Bonchev–Trinajstić information content (AvgIpc) is 2.18. The molecule has 0 fully saturated rings. The second-order valence-electron chi connectivity index (χ2n) is 3.93. The van der Waals surface area contributed by atoms with E-state index in [0.29, 0.717) is 6.54 Å². The van der Waals surface area contributed by atoms with Crippen LogP contribution in [-0.4, -0.2) is 45.8 Å². The van der Waals surface area contributed by atoms with Crippen molar-refractivity contribution in [3.05, 3.63) is 29.8 Å². The maximum Gasteiger partial charge on any atom is 0.251 e. The van der Waals surface area contributed by atoms with Gasteiger partial charge in [-0.25, -0.2) is 0 Å². The predicted octanol–water partition coefficient (Wildman–Crippen LogP) is -0.764. The van der Waals surface area contributed by atoms with Crippen molar-refractivity contribution in [2.24, 2.45) is 0 Å². The Morgan fingerprint density at radius 3 is 2.47 bits per heavy atom. The molecule has 1 aromatic rings. The lowest BCUT2D eigenvalue weighted by Gasteiger charge is -2.10. The Labute approximate surface area is 91.9 Å². The van der Waals surface area contributed by atoms with Crippen LogP contribution in [0.25, 0.3) is 0 Å². The van der Waals surface area contributed by atoms with Gasteiger partial charge in [-0.15, -0.1) is 0 Å². The van der Waals surface area contributed by atoms with Gasteiger partial charge in [0.05, 0.1) is 0 Å². The van der Waals surface area contributed by atoms with E-state index in [4.69, 9.17) is 0 Å². The van der Waals surface area contributed by atoms with Crippen molar-refractivity contribution < 1.29 is 4.79 Å². The van der Waals surface area contributed by atoms with Gasteiger partial charge in [-0.2, -0.15) is 0 Å². The molecule has 1 N–H and O–H groups in total. The summed E-state index contributed by atoms with van der Waals surface area (Å²) < 4.78 is 0. The summed E-state index contributed by atoms with van der Waals surface area (Å²) in [6.45, 7) is 1.54. The predicted molar refractivity (Wildman–Crippen MR) is 65.5 cm³/mol. The van der Waals surface area contributed by atoms with Crippen molar-refractivity contribution in [1.29, 1.82) is 0 Å². The summed E-state index contributed by atoms with van der Waals surface area (Å²) >= 11 is 0. The van der Waals surface area contributed by atoms with Gasteiger partial charge in [0.15, 0.2) is 0 Å². The van der Waals surface area contributed by atoms with E-state index < -0.39 is 0 Å². The molecular formula is C11H17BN2O. The van der Waals surface area contributed by atoms with Crippen molar-refractivity contribution >= 4 is 19.2 Å². The van der Waals surface area contributed by atoms with E-state index in [-0.39, 0.29) is 5.91 Å². The Balaban J connectivity index is 2.43. The summed E-state index contributed by atoms with van der Waals surface area (Å²) in [6, 6.07) is 7.59. The topological polar surface area (TPSA) is 32.3 Å². The highest BCUT2D eigenvalue weighted by Crippen LogP contribution is 1.95. The maximum absolute atomic E-state index is 11.6. The molecule has 1 amide bonds. The van der Waals surface area contributed by atoms with Gasteiger partial charge in [-0.3, -0.25) is 4.79 Å². The average molecular weight is 204 g/mol. The largest absolute Gasteiger partial charge is 0.351 e. The van der Waals surface area contributed by atoms with Crippen LogP contribution in [0.15, 0.2) is 24.3 Å². The highest BCUT2D eigenvalue weighted by molar-refractivity contribution is 6.32. The van der Waals surface area contributed by atoms with Gasteiger partial charge in [0.25, 0.3) is 5.91 Å². The first kappa shape index (κ1) is 11.8. The highest BCUT2D eigenvalue weighted by atomic mass is 16.1. The van der Waals surface area contributed by atoms with Crippen molar-refractivity contribution in [3.63, 3.8) is 0 Å². The fourth-order valence-corrected chi connectivity index (χ4v) is 1.20. The molecule has 0 aliphatic carbocycles. The lowest BCUT2D eigenvalue weighted by atomic mass is 9.95. The molecule has 3 nitrogen and oxygen atoms in total. The number of carbonyl (C=O) groups is 1. The molecule has 0 heterocycles. The van der Waals surface area contributed by atoms with E-state index in [0.717, 1.165) is 12.1 Å². The molecule has 0 atom stereocenters. The number of amides is 1. The number of hydrogen-bond acceptors (Lipinski definition) is 2. The maximum atomic E-state index is 11.6. The van der Waals surface area contributed by atoms with Crippen LogP contribution in [0.5, 0.6) is 0 Å². The van der Waals surface area contributed by atoms with Gasteiger partial charge >= 0.3 is 0 Å². The molecule has 1 rings (SSSR count). The number of likely N-dealkylation sites (N-methyl/N-ethyl adjacent to an activating group) is 1. The fourth-order valence-electron chi connectivity index (χ4n) is 1.20. The van der Waals surface area contributed by atoms with Gasteiger partial charge in [0, 0.05) is 18.7 Å². The second-order valence-corrected chi connectivity index (χ2v) is 3.93. The Kier molecular flexibility index (Phi) is 4.37. The molecule has 0 radical (unpaired) electrons. The third kappa shape index (κ3) is 4.17. The fraction of sp³-hybridized carbons (Fsp3) is 0.364. The standard InChI is InChI=1S/C11H17BN2O/c1-14(2)8-7-13-11(15)9-3-5-10(12)6-4-9/h3-6H,7-8,12H2,1-2H3,(H,13,15). The first-order valence-electron chi connectivity index (χ1n) is 5.09. The van der Waals surface area contributed by atoms with Gasteiger partial charge in [0.2, 0.25) is 0 Å². The van der Waals surface area contributed by atoms with E-state index in [1.807, 2.05) is 51.1 Å². The zero-order valence-corrected chi connectivity index (χ0v) is 9.58. The highest BCUT2D eigenvalue weighted by Gasteiger charge is 2.03. The Morgan fingerprint density at radius 1 is 1.33 bits per heavy atom. The van der Waals surface area contributed by atoms with Crippen molar-refractivity contribution in [2.45, 2.75) is 0 Å². The zero-order valence-electron chi connectivity index (χ0n) is 9.58. The minimum absolute atomic E-state index is 0.00292. The van der Waals surface area contributed by atoms with Gasteiger partial charge < -0.3 is 10.2 Å². The summed E-state index contributed by atoms with van der Waals surface area (Å²) in [5.74, 6) is -0.00292. The third-order valence-electron chi connectivity index (χ3n) is 2.16. The van der Waals surface area contributed by atoms with Crippen LogP contribution in [-0.2, 0) is 0 Å². The molecule has 4 heteroatoms. The molecule has 0 saturated heterocycles. The molecule has 80 valence electrons. The van der Waals surface area contributed by atoms with E-state index in [9.17, 15) is 4.79 Å². The molecular weight excluding hydrogens is 187 g/mol. The van der Waals surface area contributed by atoms with Crippen LogP contribution in [0.2, 0.25) is 0 Å². The molecule has 0 aliphatic heterocycles. The number of benzene rings is 1. The monoisotopic (exact) mass is 204 g/mol. The smallest absolute Gasteiger partial charge is 0.251 e. The Morgan fingerprint density at radius 2 is 1.93 bits per heavy atom. The Bertz CT molecular complexity index is 322. The lowest BCUT2D eigenvalue weighted by molar-refractivity contribution is 0.0951. The molecule has 0 aliphatic rings. The van der Waals surface area contributed by atoms with E-state index in [1.165, 1.54) is 5.46 Å². The number of hydrogen-bond donors (Lipinski definition) is 1. The minimum Gasteiger partial charge on any atom is -0.351 e. The summed E-state index contributed by atoms with van der Waals surface area (Å²) in [5.41, 5.74) is 1.89.